The van der Waals surface area contributed by atoms with Gasteiger partial charge in [-0.25, -0.2) is 4.98 Å². The van der Waals surface area contributed by atoms with Crippen LogP contribution in [-0.2, 0) is 7.05 Å². The van der Waals surface area contributed by atoms with Crippen molar-refractivity contribution in [2.75, 3.05) is 6.61 Å². The minimum Gasteiger partial charge on any atom is -0.477 e. The molecule has 0 spiro atoms. The minimum absolute atomic E-state index is 0.00749. The third kappa shape index (κ3) is 5.40. The molecule has 2 unspecified atom stereocenters. The van der Waals surface area contributed by atoms with Crippen molar-refractivity contribution in [2.45, 2.75) is 47.5 Å². The van der Waals surface area contributed by atoms with Gasteiger partial charge in [-0.2, -0.15) is 4.98 Å². The molecule has 5 heteroatoms. The molecule has 2 heterocycles. The molecule has 2 aromatic rings. The summed E-state index contributed by atoms with van der Waals surface area (Å²) in [6, 6.07) is 1.87. The topological polar surface area (TPSA) is 57.0 Å². The first kappa shape index (κ1) is 22.7. The van der Waals surface area contributed by atoms with Gasteiger partial charge in [0.1, 0.15) is 5.82 Å². The van der Waals surface area contributed by atoms with Crippen LogP contribution in [0.3, 0.4) is 0 Å². The third-order valence-electron chi connectivity index (χ3n) is 5.74. The van der Waals surface area contributed by atoms with Crippen LogP contribution in [0, 0.1) is 25.7 Å². The zero-order chi connectivity index (χ0) is 22.7. The van der Waals surface area contributed by atoms with Gasteiger partial charge in [-0.3, -0.25) is 4.79 Å². The predicted octanol–water partition coefficient (Wildman–Crippen LogP) is 5.33. The zero-order valence-electron chi connectivity index (χ0n) is 19.5. The number of pyridine rings is 1. The van der Waals surface area contributed by atoms with Crippen LogP contribution in [0.2, 0.25) is 0 Å². The number of rotatable bonds is 8. The molecule has 2 aromatic heterocycles. The van der Waals surface area contributed by atoms with Crippen LogP contribution in [-0.4, -0.2) is 21.1 Å². The van der Waals surface area contributed by atoms with E-state index in [1.54, 1.807) is 17.8 Å². The normalized spacial score (nSPS) is 17.9. The first-order valence-corrected chi connectivity index (χ1v) is 10.9. The van der Waals surface area contributed by atoms with Gasteiger partial charge in [-0.1, -0.05) is 36.8 Å². The van der Waals surface area contributed by atoms with Crippen LogP contribution in [0.25, 0.3) is 11.1 Å². The van der Waals surface area contributed by atoms with E-state index >= 15 is 0 Å². The van der Waals surface area contributed by atoms with Gasteiger partial charge < -0.3 is 9.30 Å². The Bertz CT molecular complexity index is 1080. The van der Waals surface area contributed by atoms with Gasteiger partial charge in [0.05, 0.1) is 12.2 Å². The Morgan fingerprint density at radius 2 is 2.06 bits per heavy atom. The largest absolute Gasteiger partial charge is 0.477 e. The van der Waals surface area contributed by atoms with Crippen LogP contribution < -0.4 is 10.3 Å². The van der Waals surface area contributed by atoms with Crippen LogP contribution >= 0.6 is 0 Å². The summed E-state index contributed by atoms with van der Waals surface area (Å²) in [5.74, 6) is 2.16. The number of nitrogens with zero attached hydrogens (tertiary/aromatic N) is 3. The summed E-state index contributed by atoms with van der Waals surface area (Å²) in [5, 5.41) is 0. The standard InChI is InChI=1S/C26H33N3O2/c1-8-17(4)22(10-9-16(2)3)23-12-21(23)15-31-25-24(13-27-19(6)28-25)20-11-18(5)26(30)29(7)14-20/h9-11,13-14,21,23H,4,8,12,15H2,1-3,5-7H3. The molecule has 2 atom stereocenters. The second kappa shape index (κ2) is 9.46. The van der Waals surface area contributed by atoms with Crippen molar-refractivity contribution in [1.29, 1.82) is 0 Å². The summed E-state index contributed by atoms with van der Waals surface area (Å²) >= 11 is 0. The van der Waals surface area contributed by atoms with Gasteiger partial charge in [0.2, 0.25) is 5.88 Å². The van der Waals surface area contributed by atoms with E-state index < -0.39 is 0 Å². The van der Waals surface area contributed by atoms with Crippen molar-refractivity contribution >= 4 is 0 Å². The maximum Gasteiger partial charge on any atom is 0.253 e. The second-order valence-corrected chi connectivity index (χ2v) is 8.70. The van der Waals surface area contributed by atoms with Gasteiger partial charge in [-0.15, -0.1) is 0 Å². The van der Waals surface area contributed by atoms with Crippen LogP contribution in [0.15, 0.2) is 58.7 Å². The van der Waals surface area contributed by atoms with Crippen LogP contribution in [0.4, 0.5) is 0 Å². The molecular formula is C26H33N3O2. The predicted molar refractivity (Wildman–Crippen MR) is 126 cm³/mol. The number of aryl methyl sites for hydroxylation is 3. The summed E-state index contributed by atoms with van der Waals surface area (Å²) in [6.07, 6.45) is 10.0. The molecule has 0 amide bonds. The molecule has 0 saturated heterocycles. The summed E-state index contributed by atoms with van der Waals surface area (Å²) in [5.41, 5.74) is 6.18. The highest BCUT2D eigenvalue weighted by Gasteiger charge is 2.40. The Morgan fingerprint density at radius 1 is 1.32 bits per heavy atom. The molecule has 31 heavy (non-hydrogen) atoms. The average molecular weight is 420 g/mol. The van der Waals surface area contributed by atoms with Gasteiger partial charge >= 0.3 is 0 Å². The van der Waals surface area contributed by atoms with Crippen molar-refractivity contribution in [3.63, 3.8) is 0 Å². The van der Waals surface area contributed by atoms with Crippen molar-refractivity contribution < 1.29 is 4.74 Å². The smallest absolute Gasteiger partial charge is 0.253 e. The van der Waals surface area contributed by atoms with E-state index in [0.717, 1.165) is 24.0 Å². The lowest BCUT2D eigenvalue weighted by Gasteiger charge is -2.13. The molecule has 0 aromatic carbocycles. The molecule has 1 saturated carbocycles. The molecule has 1 aliphatic carbocycles. The molecular weight excluding hydrogens is 386 g/mol. The van der Waals surface area contributed by atoms with Gasteiger partial charge in [0.15, 0.2) is 0 Å². The summed E-state index contributed by atoms with van der Waals surface area (Å²) in [6.45, 7) is 14.9. The number of hydrogen-bond donors (Lipinski definition) is 0. The molecule has 1 fully saturated rings. The molecule has 0 radical (unpaired) electrons. The lowest BCUT2D eigenvalue weighted by atomic mass is 9.98. The molecule has 0 N–H and O–H groups in total. The Hall–Kier alpha value is -2.95. The number of ether oxygens (including phenoxy) is 1. The fraction of sp³-hybridized carbons (Fsp3) is 0.423. The molecule has 0 bridgehead atoms. The Balaban J connectivity index is 1.80. The van der Waals surface area contributed by atoms with E-state index in [1.165, 1.54) is 16.7 Å². The third-order valence-corrected chi connectivity index (χ3v) is 5.74. The Labute approximate surface area is 185 Å². The molecule has 164 valence electrons. The van der Waals surface area contributed by atoms with E-state index in [-0.39, 0.29) is 5.56 Å². The van der Waals surface area contributed by atoms with Gasteiger partial charge in [-0.05, 0) is 58.1 Å². The molecule has 3 rings (SSSR count). The summed E-state index contributed by atoms with van der Waals surface area (Å²) in [4.78, 5) is 21.0. The van der Waals surface area contributed by atoms with E-state index in [9.17, 15) is 4.79 Å². The lowest BCUT2D eigenvalue weighted by molar-refractivity contribution is 0.284. The monoisotopic (exact) mass is 419 g/mol. The highest BCUT2D eigenvalue weighted by molar-refractivity contribution is 5.67. The number of aromatic nitrogens is 3. The lowest BCUT2D eigenvalue weighted by Crippen LogP contribution is -2.18. The summed E-state index contributed by atoms with van der Waals surface area (Å²) in [7, 11) is 1.75. The Morgan fingerprint density at radius 3 is 2.71 bits per heavy atom. The minimum atomic E-state index is -0.00749. The number of hydrogen-bond acceptors (Lipinski definition) is 4. The highest BCUT2D eigenvalue weighted by atomic mass is 16.5. The molecule has 1 aliphatic rings. The maximum atomic E-state index is 12.1. The molecule has 0 aliphatic heterocycles. The van der Waals surface area contributed by atoms with Crippen molar-refractivity contribution in [2.24, 2.45) is 18.9 Å². The quantitative estimate of drug-likeness (QED) is 0.543. The highest BCUT2D eigenvalue weighted by Crippen LogP contribution is 2.47. The maximum absolute atomic E-state index is 12.1. The van der Waals surface area contributed by atoms with Crippen molar-refractivity contribution in [3.8, 4) is 17.0 Å². The first-order chi connectivity index (χ1) is 14.7. The van der Waals surface area contributed by atoms with Gasteiger partial charge in [0, 0.05) is 36.5 Å². The number of allylic oxidation sites excluding steroid dienone is 5. The van der Waals surface area contributed by atoms with E-state index in [4.69, 9.17) is 4.74 Å². The van der Waals surface area contributed by atoms with E-state index in [0.29, 0.717) is 35.7 Å². The first-order valence-electron chi connectivity index (χ1n) is 10.9. The SMILES string of the molecule is C=C(CC)C(=CC=C(C)C)C1CC1COc1nc(C)ncc1-c1cc(C)c(=O)n(C)c1. The van der Waals surface area contributed by atoms with E-state index in [1.807, 2.05) is 26.1 Å². The Kier molecular flexibility index (Phi) is 6.94. The van der Waals surface area contributed by atoms with Crippen LogP contribution in [0.5, 0.6) is 5.88 Å². The fourth-order valence-corrected chi connectivity index (χ4v) is 3.75. The molecule has 5 nitrogen and oxygen atoms in total. The zero-order valence-corrected chi connectivity index (χ0v) is 19.5. The van der Waals surface area contributed by atoms with Gasteiger partial charge in [0.25, 0.3) is 5.56 Å². The fourth-order valence-electron chi connectivity index (χ4n) is 3.75. The average Bonchev–Trinajstić information content (AvgIpc) is 3.49. The second-order valence-electron chi connectivity index (χ2n) is 8.70. The van der Waals surface area contributed by atoms with E-state index in [2.05, 4.69) is 49.5 Å². The van der Waals surface area contributed by atoms with Crippen molar-refractivity contribution in [3.05, 3.63) is 75.7 Å². The van der Waals surface area contributed by atoms with Crippen molar-refractivity contribution in [1.82, 2.24) is 14.5 Å². The van der Waals surface area contributed by atoms with Crippen LogP contribution in [0.1, 0.15) is 45.0 Å². The summed E-state index contributed by atoms with van der Waals surface area (Å²) < 4.78 is 7.80.